The molecule has 3 heteroatoms. The minimum Gasteiger partial charge on any atom is -0.367 e. The lowest BCUT2D eigenvalue weighted by Gasteiger charge is -1.90. The van der Waals surface area contributed by atoms with Gasteiger partial charge in [0.05, 0.1) is 0 Å². The predicted octanol–water partition coefficient (Wildman–Crippen LogP) is 1.79. The van der Waals surface area contributed by atoms with E-state index in [1.54, 1.807) is 6.92 Å². The lowest BCUT2D eigenvalue weighted by atomic mass is 10.4. The van der Waals surface area contributed by atoms with Gasteiger partial charge in [-0.1, -0.05) is 11.8 Å². The van der Waals surface area contributed by atoms with Crippen LogP contribution >= 0.6 is 11.8 Å². The van der Waals surface area contributed by atoms with E-state index in [0.29, 0.717) is 0 Å². The first-order valence-electron chi connectivity index (χ1n) is 3.04. The van der Waals surface area contributed by atoms with Gasteiger partial charge >= 0.3 is 0 Å². The number of carbonyl (C=O) groups is 1. The molecule has 0 unspecified atom stereocenters. The smallest absolute Gasteiger partial charge is 0.186 e. The zero-order valence-corrected chi connectivity index (χ0v) is 6.57. The molecular weight excluding hydrogens is 146 g/mol. The molecule has 0 saturated heterocycles. The molecule has 1 rings (SSSR count). The van der Waals surface area contributed by atoms with Crippen LogP contribution in [-0.4, -0.2) is 10.1 Å². The Morgan fingerprint density at radius 1 is 1.80 bits per heavy atom. The molecular formula is C7H9NOS. The Labute approximate surface area is 64.0 Å². The largest absolute Gasteiger partial charge is 0.367 e. The maximum atomic E-state index is 10.5. The highest BCUT2D eigenvalue weighted by atomic mass is 32.2. The van der Waals surface area contributed by atoms with Gasteiger partial charge in [-0.2, -0.15) is 0 Å². The molecule has 0 aromatic carbocycles. The van der Waals surface area contributed by atoms with Gasteiger partial charge in [-0.05, 0) is 11.6 Å². The molecule has 0 aliphatic carbocycles. The van der Waals surface area contributed by atoms with Crippen molar-refractivity contribution < 1.29 is 4.79 Å². The highest BCUT2D eigenvalue weighted by Crippen LogP contribution is 2.10. The average Bonchev–Trinajstić information content (AvgIpc) is 2.34. The summed E-state index contributed by atoms with van der Waals surface area (Å²) in [5.74, 6) is 0.777. The van der Waals surface area contributed by atoms with Gasteiger partial charge in [0, 0.05) is 25.1 Å². The SMILES string of the molecule is CC(=O)SCc1cc[nH]c1. The Morgan fingerprint density at radius 3 is 3.10 bits per heavy atom. The summed E-state index contributed by atoms with van der Waals surface area (Å²) in [6.45, 7) is 1.58. The third-order valence-corrected chi connectivity index (χ3v) is 1.99. The summed E-state index contributed by atoms with van der Waals surface area (Å²) in [6.07, 6.45) is 3.76. The minimum atomic E-state index is 0.168. The van der Waals surface area contributed by atoms with E-state index in [4.69, 9.17) is 0 Å². The Kier molecular flexibility index (Phi) is 2.57. The van der Waals surface area contributed by atoms with E-state index in [9.17, 15) is 4.79 Å². The summed E-state index contributed by atoms with van der Waals surface area (Å²) in [5.41, 5.74) is 1.17. The third-order valence-electron chi connectivity index (χ3n) is 1.10. The number of rotatable bonds is 2. The first-order valence-corrected chi connectivity index (χ1v) is 4.02. The number of hydrogen-bond donors (Lipinski definition) is 1. The van der Waals surface area contributed by atoms with Crippen molar-refractivity contribution in [2.75, 3.05) is 0 Å². The molecule has 1 N–H and O–H groups in total. The molecule has 54 valence electrons. The number of aromatic amines is 1. The molecule has 0 aliphatic rings. The van der Waals surface area contributed by atoms with Gasteiger partial charge in [0.2, 0.25) is 0 Å². The van der Waals surface area contributed by atoms with Crippen molar-refractivity contribution in [3.05, 3.63) is 24.0 Å². The van der Waals surface area contributed by atoms with Crippen LogP contribution in [0.3, 0.4) is 0 Å². The normalized spacial score (nSPS) is 9.70. The van der Waals surface area contributed by atoms with E-state index < -0.39 is 0 Å². The Bertz CT molecular complexity index is 205. The van der Waals surface area contributed by atoms with Crippen LogP contribution in [0.5, 0.6) is 0 Å². The van der Waals surface area contributed by atoms with Crippen LogP contribution < -0.4 is 0 Å². The molecule has 10 heavy (non-hydrogen) atoms. The van der Waals surface area contributed by atoms with Gasteiger partial charge in [0.15, 0.2) is 5.12 Å². The van der Waals surface area contributed by atoms with Crippen LogP contribution in [0.25, 0.3) is 0 Å². The second-order valence-electron chi connectivity index (χ2n) is 2.00. The number of nitrogens with one attached hydrogen (secondary N) is 1. The van der Waals surface area contributed by atoms with Crippen LogP contribution in [-0.2, 0) is 10.5 Å². The molecule has 0 bridgehead atoms. The monoisotopic (exact) mass is 155 g/mol. The Morgan fingerprint density at radius 2 is 2.60 bits per heavy atom. The quantitative estimate of drug-likeness (QED) is 0.706. The highest BCUT2D eigenvalue weighted by molar-refractivity contribution is 8.12. The maximum absolute atomic E-state index is 10.5. The van der Waals surface area contributed by atoms with Gasteiger partial charge < -0.3 is 4.98 Å². The van der Waals surface area contributed by atoms with Gasteiger partial charge in [0.25, 0.3) is 0 Å². The standard InChI is InChI=1S/C7H9NOS/c1-6(9)10-5-7-2-3-8-4-7/h2-4,8H,5H2,1H3. The van der Waals surface area contributed by atoms with Crippen LogP contribution in [0.1, 0.15) is 12.5 Å². The zero-order chi connectivity index (χ0) is 7.40. The first kappa shape index (κ1) is 7.41. The van der Waals surface area contributed by atoms with E-state index in [-0.39, 0.29) is 5.12 Å². The second kappa shape index (κ2) is 3.46. The van der Waals surface area contributed by atoms with E-state index in [0.717, 1.165) is 5.75 Å². The van der Waals surface area contributed by atoms with Crippen molar-refractivity contribution in [3.63, 3.8) is 0 Å². The lowest BCUT2D eigenvalue weighted by molar-refractivity contribution is -0.109. The molecule has 0 amide bonds. The van der Waals surface area contributed by atoms with E-state index in [2.05, 4.69) is 4.98 Å². The molecule has 1 heterocycles. The van der Waals surface area contributed by atoms with Crippen LogP contribution in [0, 0.1) is 0 Å². The van der Waals surface area contributed by atoms with Crippen LogP contribution in [0.2, 0.25) is 0 Å². The number of aromatic nitrogens is 1. The molecule has 1 aromatic rings. The molecule has 0 radical (unpaired) electrons. The average molecular weight is 155 g/mol. The number of carbonyl (C=O) groups excluding carboxylic acids is 1. The fourth-order valence-electron chi connectivity index (χ4n) is 0.633. The first-order chi connectivity index (χ1) is 4.79. The third kappa shape index (κ3) is 2.27. The van der Waals surface area contributed by atoms with E-state index in [1.807, 2.05) is 18.5 Å². The Hall–Kier alpha value is -0.700. The molecule has 0 aliphatic heterocycles. The topological polar surface area (TPSA) is 32.9 Å². The summed E-state index contributed by atoms with van der Waals surface area (Å²) in [7, 11) is 0. The maximum Gasteiger partial charge on any atom is 0.186 e. The van der Waals surface area contributed by atoms with Crippen molar-refractivity contribution in [3.8, 4) is 0 Å². The molecule has 0 fully saturated rings. The van der Waals surface area contributed by atoms with Crippen LogP contribution in [0.4, 0.5) is 0 Å². The minimum absolute atomic E-state index is 0.168. The molecule has 2 nitrogen and oxygen atoms in total. The summed E-state index contributed by atoms with van der Waals surface area (Å²) in [4.78, 5) is 13.4. The lowest BCUT2D eigenvalue weighted by Crippen LogP contribution is -1.82. The summed E-state index contributed by atoms with van der Waals surface area (Å²) < 4.78 is 0. The Balaban J connectivity index is 2.35. The summed E-state index contributed by atoms with van der Waals surface area (Å²) >= 11 is 1.33. The van der Waals surface area contributed by atoms with E-state index >= 15 is 0 Å². The predicted molar refractivity (Wildman–Crippen MR) is 42.8 cm³/mol. The van der Waals surface area contributed by atoms with Crippen molar-refractivity contribution in [2.24, 2.45) is 0 Å². The molecule has 0 spiro atoms. The van der Waals surface area contributed by atoms with Crippen molar-refractivity contribution >= 4 is 16.9 Å². The molecule has 0 saturated carbocycles. The van der Waals surface area contributed by atoms with Gasteiger partial charge in [-0.15, -0.1) is 0 Å². The fourth-order valence-corrected chi connectivity index (χ4v) is 1.18. The number of H-pyrrole nitrogens is 1. The fraction of sp³-hybridized carbons (Fsp3) is 0.286. The molecule has 0 atom stereocenters. The number of hydrogen-bond acceptors (Lipinski definition) is 2. The zero-order valence-electron chi connectivity index (χ0n) is 5.76. The highest BCUT2D eigenvalue weighted by Gasteiger charge is 1.95. The van der Waals surface area contributed by atoms with Crippen LogP contribution in [0.15, 0.2) is 18.5 Å². The summed E-state index contributed by atoms with van der Waals surface area (Å²) in [5, 5.41) is 0.168. The number of thioether (sulfide) groups is 1. The second-order valence-corrected chi connectivity index (χ2v) is 3.15. The van der Waals surface area contributed by atoms with E-state index in [1.165, 1.54) is 17.3 Å². The van der Waals surface area contributed by atoms with Crippen molar-refractivity contribution in [1.82, 2.24) is 4.98 Å². The molecule has 1 aromatic heterocycles. The van der Waals surface area contributed by atoms with Gasteiger partial charge in [-0.25, -0.2) is 0 Å². The van der Waals surface area contributed by atoms with Crippen molar-refractivity contribution in [2.45, 2.75) is 12.7 Å². The van der Waals surface area contributed by atoms with Gasteiger partial charge in [-0.3, -0.25) is 4.79 Å². The summed E-state index contributed by atoms with van der Waals surface area (Å²) in [6, 6.07) is 1.97. The van der Waals surface area contributed by atoms with Crippen molar-refractivity contribution in [1.29, 1.82) is 0 Å². The van der Waals surface area contributed by atoms with Gasteiger partial charge in [0.1, 0.15) is 0 Å².